The number of nitrogens with two attached hydrogens (primary N) is 1. The molecule has 0 aromatic heterocycles. The molecule has 1 saturated heterocycles. The third-order valence-corrected chi connectivity index (χ3v) is 2.81. The molecule has 1 heterocycles. The minimum absolute atomic E-state index is 0. The lowest BCUT2D eigenvalue weighted by Crippen LogP contribution is -2.37. The van der Waals surface area contributed by atoms with Crippen molar-refractivity contribution in [3.05, 3.63) is 35.9 Å². The average molecular weight is 273 g/mol. The molecule has 2 rings (SSSR count). The van der Waals surface area contributed by atoms with E-state index in [1.165, 1.54) is 4.90 Å². The molecule has 0 aliphatic carbocycles. The number of nitrogens with zero attached hydrogens (tertiary/aromatic N) is 1. The van der Waals surface area contributed by atoms with E-state index in [9.17, 15) is 9.90 Å². The van der Waals surface area contributed by atoms with Gasteiger partial charge in [-0.25, -0.2) is 0 Å². The summed E-state index contributed by atoms with van der Waals surface area (Å²) in [6, 6.07) is 9.08. The Labute approximate surface area is 112 Å². The summed E-state index contributed by atoms with van der Waals surface area (Å²) in [6.07, 6.45) is -0.949. The molecule has 0 saturated carbocycles. The van der Waals surface area contributed by atoms with Gasteiger partial charge < -0.3 is 15.6 Å². The van der Waals surface area contributed by atoms with E-state index < -0.39 is 6.41 Å². The molecule has 0 unspecified atom stereocenters. The molecular formula is C12H17ClN2O3. The Morgan fingerprint density at radius 1 is 1.50 bits per heavy atom. The molecule has 6 heteroatoms. The molecule has 100 valence electrons. The molecule has 2 atom stereocenters. The number of hydrogen-bond donors (Lipinski definition) is 2. The van der Waals surface area contributed by atoms with Crippen LogP contribution in [0.5, 0.6) is 0 Å². The van der Waals surface area contributed by atoms with Crippen molar-refractivity contribution in [2.75, 3.05) is 13.2 Å². The van der Waals surface area contributed by atoms with E-state index >= 15 is 0 Å². The van der Waals surface area contributed by atoms with Crippen LogP contribution < -0.4 is 5.73 Å². The maximum absolute atomic E-state index is 11.8. The van der Waals surface area contributed by atoms with Crippen LogP contribution in [0.25, 0.3) is 0 Å². The Kier molecular flexibility index (Phi) is 5.55. The van der Waals surface area contributed by atoms with Gasteiger partial charge in [0.2, 0.25) is 12.3 Å². The highest BCUT2D eigenvalue weighted by Gasteiger charge is 2.28. The summed E-state index contributed by atoms with van der Waals surface area (Å²) in [5.74, 6) is -0.189. The van der Waals surface area contributed by atoms with E-state index in [1.807, 2.05) is 30.3 Å². The fraction of sp³-hybridized carbons (Fsp3) is 0.417. The number of carbonyl (C=O) groups excluding carboxylic acids is 1. The van der Waals surface area contributed by atoms with Crippen LogP contribution in [0.2, 0.25) is 0 Å². The number of benzene rings is 1. The zero-order chi connectivity index (χ0) is 12.3. The second-order valence-corrected chi connectivity index (χ2v) is 4.01. The number of amides is 1. The lowest BCUT2D eigenvalue weighted by atomic mass is 10.0. The van der Waals surface area contributed by atoms with E-state index in [0.717, 1.165) is 5.56 Å². The van der Waals surface area contributed by atoms with Gasteiger partial charge in [0.05, 0.1) is 6.61 Å². The van der Waals surface area contributed by atoms with Crippen LogP contribution in [0.3, 0.4) is 0 Å². The fourth-order valence-electron chi connectivity index (χ4n) is 1.83. The number of carbonyl (C=O) groups is 1. The highest BCUT2D eigenvalue weighted by Crippen LogP contribution is 2.17. The van der Waals surface area contributed by atoms with Gasteiger partial charge in [0.15, 0.2) is 0 Å². The van der Waals surface area contributed by atoms with Crippen molar-refractivity contribution in [3.63, 3.8) is 0 Å². The molecular weight excluding hydrogens is 256 g/mol. The number of hydrogen-bond acceptors (Lipinski definition) is 4. The van der Waals surface area contributed by atoms with Gasteiger partial charge in [-0.05, 0) is 5.56 Å². The Morgan fingerprint density at radius 2 is 2.17 bits per heavy atom. The van der Waals surface area contributed by atoms with E-state index in [2.05, 4.69) is 0 Å². The minimum Gasteiger partial charge on any atom is -0.351 e. The molecule has 1 amide bonds. The first-order valence-electron chi connectivity index (χ1n) is 5.58. The SMILES string of the molecule is Cl.N[C@@H](CC(=O)N1CCO[C@@H]1O)c1ccccc1. The summed E-state index contributed by atoms with van der Waals surface area (Å²) in [4.78, 5) is 13.1. The highest BCUT2D eigenvalue weighted by atomic mass is 35.5. The van der Waals surface area contributed by atoms with Crippen molar-refractivity contribution in [3.8, 4) is 0 Å². The largest absolute Gasteiger partial charge is 0.351 e. The Hall–Kier alpha value is -1.14. The van der Waals surface area contributed by atoms with Crippen LogP contribution in [-0.4, -0.2) is 35.5 Å². The van der Waals surface area contributed by atoms with Crippen molar-refractivity contribution in [1.29, 1.82) is 0 Å². The van der Waals surface area contributed by atoms with E-state index in [4.69, 9.17) is 10.5 Å². The topological polar surface area (TPSA) is 75.8 Å². The zero-order valence-electron chi connectivity index (χ0n) is 9.86. The molecule has 1 aromatic carbocycles. The van der Waals surface area contributed by atoms with E-state index in [0.29, 0.717) is 13.2 Å². The molecule has 0 bridgehead atoms. The first-order chi connectivity index (χ1) is 8.18. The Bertz CT molecular complexity index is 388. The lowest BCUT2D eigenvalue weighted by Gasteiger charge is -2.20. The number of halogens is 1. The quantitative estimate of drug-likeness (QED) is 0.846. The van der Waals surface area contributed by atoms with Gasteiger partial charge in [-0.2, -0.15) is 0 Å². The van der Waals surface area contributed by atoms with Crippen LogP contribution in [0.1, 0.15) is 18.0 Å². The van der Waals surface area contributed by atoms with Crippen LogP contribution in [0, 0.1) is 0 Å². The van der Waals surface area contributed by atoms with Gasteiger partial charge in [0.25, 0.3) is 0 Å². The van der Waals surface area contributed by atoms with Crippen molar-refractivity contribution in [2.45, 2.75) is 18.9 Å². The summed E-state index contributed by atoms with van der Waals surface area (Å²) in [7, 11) is 0. The summed E-state index contributed by atoms with van der Waals surface area (Å²) in [6.45, 7) is 0.787. The van der Waals surface area contributed by atoms with Crippen molar-refractivity contribution >= 4 is 18.3 Å². The molecule has 1 aromatic rings. The Morgan fingerprint density at radius 3 is 2.72 bits per heavy atom. The summed E-state index contributed by atoms with van der Waals surface area (Å²) < 4.78 is 4.89. The minimum atomic E-state index is -1.12. The van der Waals surface area contributed by atoms with Crippen LogP contribution in [-0.2, 0) is 9.53 Å². The smallest absolute Gasteiger partial charge is 0.240 e. The van der Waals surface area contributed by atoms with Gasteiger partial charge in [0.1, 0.15) is 0 Å². The predicted molar refractivity (Wildman–Crippen MR) is 68.9 cm³/mol. The molecule has 3 N–H and O–H groups in total. The monoisotopic (exact) mass is 272 g/mol. The summed E-state index contributed by atoms with van der Waals surface area (Å²) >= 11 is 0. The first kappa shape index (κ1) is 14.9. The Balaban J connectivity index is 0.00000162. The van der Waals surface area contributed by atoms with Crippen LogP contribution >= 0.6 is 12.4 Å². The maximum atomic E-state index is 11.8. The van der Waals surface area contributed by atoms with E-state index in [1.54, 1.807) is 0 Å². The second kappa shape index (κ2) is 6.70. The second-order valence-electron chi connectivity index (χ2n) is 4.01. The standard InChI is InChI=1S/C12H16N2O3.ClH/c13-10(9-4-2-1-3-5-9)8-11(15)14-6-7-17-12(14)16;/h1-5,10,12,16H,6-8,13H2;1H/t10-,12-;/m0./s1. The third kappa shape index (κ3) is 3.43. The zero-order valence-corrected chi connectivity index (χ0v) is 10.7. The van der Waals surface area contributed by atoms with Gasteiger partial charge in [-0.15, -0.1) is 12.4 Å². The van der Waals surface area contributed by atoms with Crippen LogP contribution in [0.15, 0.2) is 30.3 Å². The first-order valence-corrected chi connectivity index (χ1v) is 5.58. The molecule has 18 heavy (non-hydrogen) atoms. The van der Waals surface area contributed by atoms with Gasteiger partial charge in [0, 0.05) is 19.0 Å². The highest BCUT2D eigenvalue weighted by molar-refractivity contribution is 5.85. The molecule has 0 spiro atoms. The third-order valence-electron chi connectivity index (χ3n) is 2.81. The number of ether oxygens (including phenoxy) is 1. The number of aliphatic hydroxyl groups is 1. The van der Waals surface area contributed by atoms with Gasteiger partial charge in [-0.3, -0.25) is 9.69 Å². The molecule has 5 nitrogen and oxygen atoms in total. The molecule has 1 fully saturated rings. The average Bonchev–Trinajstić information content (AvgIpc) is 2.76. The lowest BCUT2D eigenvalue weighted by molar-refractivity contribution is -0.163. The normalized spacial score (nSPS) is 20.3. The number of aliphatic hydroxyl groups excluding tert-OH is 1. The summed E-state index contributed by atoms with van der Waals surface area (Å²) in [5.41, 5.74) is 6.85. The molecule has 1 aliphatic rings. The molecule has 0 radical (unpaired) electrons. The van der Waals surface area contributed by atoms with Crippen molar-refractivity contribution < 1.29 is 14.6 Å². The predicted octanol–water partition coefficient (Wildman–Crippen LogP) is 0.633. The maximum Gasteiger partial charge on any atom is 0.240 e. The fourth-order valence-corrected chi connectivity index (χ4v) is 1.83. The number of rotatable bonds is 3. The van der Waals surface area contributed by atoms with Crippen molar-refractivity contribution in [1.82, 2.24) is 4.90 Å². The van der Waals surface area contributed by atoms with E-state index in [-0.39, 0.29) is 30.8 Å². The van der Waals surface area contributed by atoms with Crippen molar-refractivity contribution in [2.24, 2.45) is 5.73 Å². The summed E-state index contributed by atoms with van der Waals surface area (Å²) in [5, 5.41) is 9.38. The van der Waals surface area contributed by atoms with Gasteiger partial charge in [-0.1, -0.05) is 30.3 Å². The van der Waals surface area contributed by atoms with Crippen LogP contribution in [0.4, 0.5) is 0 Å². The van der Waals surface area contributed by atoms with Gasteiger partial charge >= 0.3 is 0 Å². The molecule has 1 aliphatic heterocycles.